The van der Waals surface area contributed by atoms with E-state index < -0.39 is 0 Å². The molecule has 0 radical (unpaired) electrons. The molecule has 0 unspecified atom stereocenters. The van der Waals surface area contributed by atoms with E-state index in [0.717, 1.165) is 38.5 Å². The summed E-state index contributed by atoms with van der Waals surface area (Å²) in [4.78, 5) is 41.1. The number of thiocarbonyl (C=S) groups is 1. The molecule has 1 aromatic rings. The molecular formula is C33H37BrN2O5S2. The van der Waals surface area contributed by atoms with Gasteiger partial charge in [0.05, 0.1) is 27.3 Å². The summed E-state index contributed by atoms with van der Waals surface area (Å²) < 4.78 is 12.7. The number of nitrogens with zero attached hydrogens (tertiary/aromatic N) is 1. The first-order valence-electron chi connectivity index (χ1n) is 15.8. The molecule has 2 amide bonds. The molecule has 1 N–H and O–H groups in total. The summed E-state index contributed by atoms with van der Waals surface area (Å²) >= 11 is 10.3. The average molecular weight is 686 g/mol. The Bertz CT molecular complexity index is 1400. The van der Waals surface area contributed by atoms with Crippen molar-refractivity contribution >= 4 is 68.1 Å². The Labute approximate surface area is 270 Å². The lowest BCUT2D eigenvalue weighted by Gasteiger charge is -2.55. The Morgan fingerprint density at radius 3 is 1.95 bits per heavy atom. The Hall–Kier alpha value is -1.91. The summed E-state index contributed by atoms with van der Waals surface area (Å²) in [7, 11) is 1.55. The summed E-state index contributed by atoms with van der Waals surface area (Å²) in [5.41, 5.74) is 2.87. The van der Waals surface area contributed by atoms with Crippen molar-refractivity contribution in [1.82, 2.24) is 10.4 Å². The summed E-state index contributed by atoms with van der Waals surface area (Å²) in [6.45, 7) is 0. The lowest BCUT2D eigenvalue weighted by atomic mass is 9.49. The van der Waals surface area contributed by atoms with Gasteiger partial charge < -0.3 is 9.47 Å². The van der Waals surface area contributed by atoms with Crippen LogP contribution in [0.5, 0.6) is 11.5 Å². The predicted molar refractivity (Wildman–Crippen MR) is 171 cm³/mol. The first-order chi connectivity index (χ1) is 20.6. The second-order valence-electron chi connectivity index (χ2n) is 14.8. The van der Waals surface area contributed by atoms with Crippen molar-refractivity contribution in [1.29, 1.82) is 0 Å². The Morgan fingerprint density at radius 2 is 1.44 bits per heavy atom. The predicted octanol–water partition coefficient (Wildman–Crippen LogP) is 7.03. The third-order valence-corrected chi connectivity index (χ3v) is 13.6. The van der Waals surface area contributed by atoms with Gasteiger partial charge in [0.2, 0.25) is 5.91 Å². The van der Waals surface area contributed by atoms with Gasteiger partial charge in [-0.2, -0.15) is 5.01 Å². The first kappa shape index (κ1) is 28.6. The molecule has 0 aromatic heterocycles. The van der Waals surface area contributed by atoms with Gasteiger partial charge in [0.25, 0.3) is 5.91 Å². The van der Waals surface area contributed by atoms with Gasteiger partial charge in [-0.15, -0.1) is 0 Å². The molecule has 228 valence electrons. The molecule has 8 saturated carbocycles. The molecule has 7 nitrogen and oxygen atoms in total. The fraction of sp³-hybridized carbons (Fsp3) is 0.636. The zero-order valence-electron chi connectivity index (χ0n) is 24.4. The van der Waals surface area contributed by atoms with Crippen LogP contribution in [0.15, 0.2) is 21.5 Å². The van der Waals surface area contributed by atoms with Gasteiger partial charge in [-0.1, -0.05) is 11.8 Å². The van der Waals surface area contributed by atoms with E-state index in [2.05, 4.69) is 21.4 Å². The molecule has 10 heteroatoms. The number of hydrogen-bond acceptors (Lipinski definition) is 7. The first-order valence-corrected chi connectivity index (χ1v) is 17.8. The highest BCUT2D eigenvalue weighted by molar-refractivity contribution is 9.10. The number of methoxy groups -OCH3 is 1. The molecule has 1 aromatic carbocycles. The SMILES string of the molecule is COc1cc(C=C2SC(=S)N(NC(=O)C34CC5CC(CC(C5)C3)C4)C2=O)cc(Br)c1OC(=O)C12CC3CC(CC(C3)C1)C2. The van der Waals surface area contributed by atoms with Gasteiger partial charge in [0, 0.05) is 0 Å². The van der Waals surface area contributed by atoms with E-state index in [1.165, 1.54) is 55.3 Å². The number of amides is 2. The molecule has 8 bridgehead atoms. The van der Waals surface area contributed by atoms with E-state index in [-0.39, 0.29) is 28.6 Å². The molecular weight excluding hydrogens is 648 g/mol. The Balaban J connectivity index is 0.986. The number of carbonyl (C=O) groups is 3. The lowest BCUT2D eigenvalue weighted by molar-refractivity contribution is -0.161. The van der Waals surface area contributed by atoms with Gasteiger partial charge in [0.15, 0.2) is 15.8 Å². The monoisotopic (exact) mass is 684 g/mol. The highest BCUT2D eigenvalue weighted by atomic mass is 79.9. The third-order valence-electron chi connectivity index (χ3n) is 11.7. The number of halogens is 1. The summed E-state index contributed by atoms with van der Waals surface area (Å²) in [6, 6.07) is 3.60. The maximum atomic E-state index is 13.6. The normalized spacial score (nSPS) is 39.6. The minimum Gasteiger partial charge on any atom is -0.493 e. The topological polar surface area (TPSA) is 84.9 Å². The molecule has 9 aliphatic rings. The van der Waals surface area contributed by atoms with Crippen LogP contribution in [-0.4, -0.2) is 34.2 Å². The molecule has 0 atom stereocenters. The van der Waals surface area contributed by atoms with Crippen LogP contribution in [0.25, 0.3) is 6.08 Å². The second kappa shape index (κ2) is 10.3. The molecule has 1 aliphatic heterocycles. The second-order valence-corrected chi connectivity index (χ2v) is 17.3. The smallest absolute Gasteiger partial charge is 0.317 e. The Kier molecular flexibility index (Phi) is 6.85. The van der Waals surface area contributed by atoms with Gasteiger partial charge in [-0.05, 0) is 164 Å². The van der Waals surface area contributed by atoms with Gasteiger partial charge in [0.1, 0.15) is 0 Å². The van der Waals surface area contributed by atoms with Crippen LogP contribution in [0.4, 0.5) is 0 Å². The van der Waals surface area contributed by atoms with Crippen molar-refractivity contribution in [2.45, 2.75) is 77.0 Å². The molecule has 10 rings (SSSR count). The number of esters is 1. The Morgan fingerprint density at radius 1 is 0.930 bits per heavy atom. The number of rotatable bonds is 6. The van der Waals surface area contributed by atoms with Crippen molar-refractivity contribution in [2.75, 3.05) is 7.11 Å². The van der Waals surface area contributed by atoms with Crippen LogP contribution in [0.1, 0.15) is 82.6 Å². The number of nitrogens with one attached hydrogen (secondary N) is 1. The van der Waals surface area contributed by atoms with Crippen LogP contribution in [0.2, 0.25) is 0 Å². The van der Waals surface area contributed by atoms with Gasteiger partial charge >= 0.3 is 5.97 Å². The van der Waals surface area contributed by atoms with Gasteiger partial charge in [-0.25, -0.2) is 0 Å². The lowest BCUT2D eigenvalue weighted by Crippen LogP contribution is -2.57. The number of hydrogen-bond donors (Lipinski definition) is 1. The van der Waals surface area contributed by atoms with E-state index in [1.54, 1.807) is 19.3 Å². The third kappa shape index (κ3) is 4.80. The van der Waals surface area contributed by atoms with Crippen LogP contribution in [-0.2, 0) is 14.4 Å². The fourth-order valence-corrected chi connectivity index (χ4v) is 12.5. The minimum absolute atomic E-state index is 0.0567. The van der Waals surface area contributed by atoms with E-state index in [0.29, 0.717) is 66.3 Å². The van der Waals surface area contributed by atoms with E-state index in [1.807, 2.05) is 6.07 Å². The van der Waals surface area contributed by atoms with Crippen molar-refractivity contribution < 1.29 is 23.9 Å². The number of carbonyl (C=O) groups excluding carboxylic acids is 3. The molecule has 1 saturated heterocycles. The minimum atomic E-state index is -0.382. The van der Waals surface area contributed by atoms with E-state index in [4.69, 9.17) is 21.7 Å². The highest BCUT2D eigenvalue weighted by Gasteiger charge is 2.57. The van der Waals surface area contributed by atoms with Crippen LogP contribution in [0.3, 0.4) is 0 Å². The maximum Gasteiger partial charge on any atom is 0.317 e. The van der Waals surface area contributed by atoms with Crippen LogP contribution in [0, 0.1) is 46.3 Å². The standard InChI is InChI=1S/C33H37BrN2O5S2/c1-40-25-9-17(8-24(34)27(25)41-30(39)33-14-21-5-22(15-33)7-23(6-21)16-33)10-26-28(37)36(31(42)43-26)35-29(38)32-11-18-2-19(12-32)4-20(3-18)13-32/h8-10,18-23H,2-7,11-16H2,1H3,(H,35,38). The quantitative estimate of drug-likeness (QED) is 0.149. The van der Waals surface area contributed by atoms with Crippen molar-refractivity contribution in [3.05, 3.63) is 27.1 Å². The molecule has 0 spiro atoms. The van der Waals surface area contributed by atoms with Crippen LogP contribution < -0.4 is 14.9 Å². The maximum absolute atomic E-state index is 13.6. The zero-order chi connectivity index (χ0) is 29.7. The molecule has 8 aliphatic carbocycles. The van der Waals surface area contributed by atoms with Crippen molar-refractivity contribution in [3.8, 4) is 11.5 Å². The number of hydrazine groups is 1. The molecule has 9 fully saturated rings. The zero-order valence-corrected chi connectivity index (χ0v) is 27.6. The number of thioether (sulfide) groups is 1. The fourth-order valence-electron chi connectivity index (χ4n) is 10.8. The molecule has 1 heterocycles. The molecule has 43 heavy (non-hydrogen) atoms. The average Bonchev–Trinajstić information content (AvgIpc) is 3.20. The summed E-state index contributed by atoms with van der Waals surface area (Å²) in [6.07, 6.45) is 14.8. The number of benzene rings is 1. The summed E-state index contributed by atoms with van der Waals surface area (Å²) in [5.74, 6) is 4.07. The largest absolute Gasteiger partial charge is 0.493 e. The van der Waals surface area contributed by atoms with Gasteiger partial charge in [-0.3, -0.25) is 19.8 Å². The van der Waals surface area contributed by atoms with Crippen LogP contribution >= 0.6 is 39.9 Å². The van der Waals surface area contributed by atoms with Crippen molar-refractivity contribution in [2.24, 2.45) is 46.3 Å². The summed E-state index contributed by atoms with van der Waals surface area (Å²) in [5, 5.41) is 1.25. The highest BCUT2D eigenvalue weighted by Crippen LogP contribution is 2.61. The van der Waals surface area contributed by atoms with E-state index in [9.17, 15) is 14.4 Å². The number of ether oxygens (including phenoxy) is 2. The van der Waals surface area contributed by atoms with E-state index >= 15 is 0 Å². The van der Waals surface area contributed by atoms with Crippen molar-refractivity contribution in [3.63, 3.8) is 0 Å².